The maximum absolute atomic E-state index is 13.1. The van der Waals surface area contributed by atoms with Crippen LogP contribution in [-0.2, 0) is 4.79 Å². The number of carbonyl (C=O) groups is 1. The molecule has 6 heteroatoms. The monoisotopic (exact) mass is 336 g/mol. The van der Waals surface area contributed by atoms with Crippen LogP contribution in [0.25, 0.3) is 0 Å². The molecule has 2 atom stereocenters. The minimum atomic E-state index is -0.382. The molecule has 132 valence electrons. The van der Waals surface area contributed by atoms with Crippen molar-refractivity contribution in [3.05, 3.63) is 30.1 Å². The lowest BCUT2D eigenvalue weighted by Crippen LogP contribution is -2.34. The molecule has 0 unspecified atom stereocenters. The van der Waals surface area contributed by atoms with Crippen molar-refractivity contribution in [3.63, 3.8) is 0 Å². The number of benzene rings is 1. The minimum Gasteiger partial charge on any atom is -0.484 e. The van der Waals surface area contributed by atoms with Gasteiger partial charge in [-0.3, -0.25) is 4.79 Å². The van der Waals surface area contributed by atoms with Crippen molar-refractivity contribution in [2.75, 3.05) is 45.9 Å². The van der Waals surface area contributed by atoms with Gasteiger partial charge >= 0.3 is 0 Å². The number of nitrogens with zero attached hydrogens (tertiary/aromatic N) is 2. The summed E-state index contributed by atoms with van der Waals surface area (Å²) in [5.41, 5.74) is 0. The number of ether oxygens (including phenoxy) is 1. The quantitative estimate of drug-likeness (QED) is 0.852. The summed E-state index contributed by atoms with van der Waals surface area (Å²) in [6.07, 6.45) is 2.47. The second kappa shape index (κ2) is 7.94. The fourth-order valence-corrected chi connectivity index (χ4v) is 3.65. The fourth-order valence-electron chi connectivity index (χ4n) is 3.65. The number of aliphatic hydroxyl groups is 1. The van der Waals surface area contributed by atoms with E-state index in [0.29, 0.717) is 24.8 Å². The van der Waals surface area contributed by atoms with E-state index in [-0.39, 0.29) is 30.9 Å². The first-order valence-corrected chi connectivity index (χ1v) is 8.65. The molecule has 2 heterocycles. The van der Waals surface area contributed by atoms with Crippen LogP contribution >= 0.6 is 0 Å². The Hall–Kier alpha value is -1.66. The second-order valence-corrected chi connectivity index (χ2v) is 6.76. The number of amides is 1. The molecule has 0 spiro atoms. The van der Waals surface area contributed by atoms with Crippen LogP contribution in [0.15, 0.2) is 24.3 Å². The smallest absolute Gasteiger partial charge is 0.260 e. The Morgan fingerprint density at radius 1 is 1.25 bits per heavy atom. The Balaban J connectivity index is 1.51. The molecule has 0 radical (unpaired) electrons. The Kier molecular flexibility index (Phi) is 5.68. The third kappa shape index (κ3) is 4.24. The number of likely N-dealkylation sites (tertiary alicyclic amines) is 2. The highest BCUT2D eigenvalue weighted by molar-refractivity contribution is 5.78. The molecule has 0 bridgehead atoms. The number of halogens is 1. The van der Waals surface area contributed by atoms with Crippen LogP contribution in [0.5, 0.6) is 5.75 Å². The largest absolute Gasteiger partial charge is 0.484 e. The summed E-state index contributed by atoms with van der Waals surface area (Å²) in [5.74, 6) is 0.304. The van der Waals surface area contributed by atoms with Gasteiger partial charge in [-0.05, 0) is 44.0 Å². The molecule has 2 aliphatic heterocycles. The van der Waals surface area contributed by atoms with Gasteiger partial charge in [-0.2, -0.15) is 0 Å². The average molecular weight is 336 g/mol. The summed E-state index contributed by atoms with van der Waals surface area (Å²) < 4.78 is 18.5. The first-order valence-electron chi connectivity index (χ1n) is 8.65. The number of aliphatic hydroxyl groups excluding tert-OH is 1. The summed E-state index contributed by atoms with van der Waals surface area (Å²) in [7, 11) is 0. The van der Waals surface area contributed by atoms with Crippen LogP contribution in [0.1, 0.15) is 12.8 Å². The van der Waals surface area contributed by atoms with Crippen LogP contribution < -0.4 is 4.74 Å². The number of hydrogen-bond acceptors (Lipinski definition) is 4. The topological polar surface area (TPSA) is 53.0 Å². The highest BCUT2D eigenvalue weighted by Crippen LogP contribution is 2.25. The summed E-state index contributed by atoms with van der Waals surface area (Å²) >= 11 is 0. The Labute approximate surface area is 142 Å². The molecular weight excluding hydrogens is 311 g/mol. The van der Waals surface area contributed by atoms with E-state index < -0.39 is 0 Å². The first kappa shape index (κ1) is 17.2. The van der Waals surface area contributed by atoms with Gasteiger partial charge in [0, 0.05) is 38.2 Å². The van der Waals surface area contributed by atoms with Gasteiger partial charge in [0.25, 0.3) is 5.91 Å². The lowest BCUT2D eigenvalue weighted by Gasteiger charge is -2.22. The lowest BCUT2D eigenvalue weighted by molar-refractivity contribution is -0.132. The van der Waals surface area contributed by atoms with Crippen molar-refractivity contribution >= 4 is 5.91 Å². The highest BCUT2D eigenvalue weighted by Gasteiger charge is 2.36. The fraction of sp³-hybridized carbons (Fsp3) is 0.611. The molecule has 0 saturated carbocycles. The minimum absolute atomic E-state index is 0.0992. The first-order chi connectivity index (χ1) is 11.7. The van der Waals surface area contributed by atoms with E-state index in [0.717, 1.165) is 19.6 Å². The molecule has 2 fully saturated rings. The molecule has 24 heavy (non-hydrogen) atoms. The Bertz CT molecular complexity index is 563. The van der Waals surface area contributed by atoms with E-state index in [4.69, 9.17) is 4.74 Å². The lowest BCUT2D eigenvalue weighted by atomic mass is 9.96. The van der Waals surface area contributed by atoms with Gasteiger partial charge in [0.15, 0.2) is 6.61 Å². The predicted molar refractivity (Wildman–Crippen MR) is 88.2 cm³/mol. The normalized spacial score (nSPS) is 24.5. The van der Waals surface area contributed by atoms with Gasteiger partial charge in [-0.15, -0.1) is 0 Å². The number of rotatable bonds is 6. The van der Waals surface area contributed by atoms with Crippen molar-refractivity contribution in [2.24, 2.45) is 11.8 Å². The molecule has 3 rings (SSSR count). The van der Waals surface area contributed by atoms with Gasteiger partial charge in [0.1, 0.15) is 11.6 Å². The third-order valence-corrected chi connectivity index (χ3v) is 5.01. The van der Waals surface area contributed by atoms with Crippen molar-refractivity contribution in [1.29, 1.82) is 0 Å². The van der Waals surface area contributed by atoms with Crippen LogP contribution in [0, 0.1) is 17.7 Å². The van der Waals surface area contributed by atoms with Gasteiger partial charge in [-0.25, -0.2) is 4.39 Å². The van der Waals surface area contributed by atoms with E-state index >= 15 is 0 Å². The van der Waals surface area contributed by atoms with Gasteiger partial charge < -0.3 is 19.6 Å². The predicted octanol–water partition coefficient (Wildman–Crippen LogP) is 1.37. The van der Waals surface area contributed by atoms with E-state index in [9.17, 15) is 14.3 Å². The molecule has 1 N–H and O–H groups in total. The van der Waals surface area contributed by atoms with E-state index in [1.807, 2.05) is 0 Å². The molecule has 0 aromatic heterocycles. The summed E-state index contributed by atoms with van der Waals surface area (Å²) in [6.45, 7) is 4.41. The zero-order valence-corrected chi connectivity index (χ0v) is 13.9. The van der Waals surface area contributed by atoms with Gasteiger partial charge in [-0.1, -0.05) is 6.07 Å². The summed E-state index contributed by atoms with van der Waals surface area (Å²) in [5, 5.41) is 9.62. The van der Waals surface area contributed by atoms with Crippen LogP contribution in [0.3, 0.4) is 0 Å². The molecule has 5 nitrogen and oxygen atoms in total. The number of hydrogen-bond donors (Lipinski definition) is 1. The second-order valence-electron chi connectivity index (χ2n) is 6.76. The van der Waals surface area contributed by atoms with E-state index in [1.165, 1.54) is 25.0 Å². The van der Waals surface area contributed by atoms with Crippen molar-refractivity contribution < 1.29 is 19.0 Å². The van der Waals surface area contributed by atoms with Crippen molar-refractivity contribution in [1.82, 2.24) is 9.80 Å². The van der Waals surface area contributed by atoms with Gasteiger partial charge in [0.2, 0.25) is 0 Å². The van der Waals surface area contributed by atoms with Gasteiger partial charge in [0.05, 0.1) is 0 Å². The molecule has 1 amide bonds. The van der Waals surface area contributed by atoms with E-state index in [2.05, 4.69) is 4.90 Å². The Morgan fingerprint density at radius 2 is 2.00 bits per heavy atom. The van der Waals surface area contributed by atoms with E-state index in [1.54, 1.807) is 17.0 Å². The van der Waals surface area contributed by atoms with Crippen LogP contribution in [0.2, 0.25) is 0 Å². The van der Waals surface area contributed by atoms with Crippen LogP contribution in [0.4, 0.5) is 4.39 Å². The molecule has 1 aromatic carbocycles. The zero-order valence-electron chi connectivity index (χ0n) is 13.9. The van der Waals surface area contributed by atoms with Crippen molar-refractivity contribution in [2.45, 2.75) is 12.8 Å². The molecule has 0 aliphatic carbocycles. The molecule has 2 saturated heterocycles. The van der Waals surface area contributed by atoms with Crippen molar-refractivity contribution in [3.8, 4) is 5.75 Å². The summed E-state index contributed by atoms with van der Waals surface area (Å²) in [4.78, 5) is 16.5. The maximum Gasteiger partial charge on any atom is 0.260 e. The zero-order chi connectivity index (χ0) is 16.9. The SMILES string of the molecule is O=C(COc1cccc(F)c1)N1C[C@@H](CO)[C@@H](CN2CCCC2)C1. The Morgan fingerprint density at radius 3 is 2.71 bits per heavy atom. The summed E-state index contributed by atoms with van der Waals surface area (Å²) in [6, 6.07) is 5.79. The number of carbonyl (C=O) groups excluding carboxylic acids is 1. The standard InChI is InChI=1S/C18H25FN2O3/c19-16-4-3-5-17(8-16)24-13-18(23)21-10-14(15(11-21)12-22)9-20-6-1-2-7-20/h3-5,8,14-15,22H,1-2,6-7,9-13H2/t14-,15-/m0/s1. The van der Waals surface area contributed by atoms with Crippen LogP contribution in [-0.4, -0.2) is 66.8 Å². The maximum atomic E-state index is 13.1. The third-order valence-electron chi connectivity index (χ3n) is 5.01. The molecular formula is C18H25FN2O3. The average Bonchev–Trinajstić information content (AvgIpc) is 3.23. The molecule has 1 aromatic rings. The molecule has 2 aliphatic rings. The highest BCUT2D eigenvalue weighted by atomic mass is 19.1.